The predicted octanol–water partition coefficient (Wildman–Crippen LogP) is 2.08. The summed E-state index contributed by atoms with van der Waals surface area (Å²) in [6.45, 7) is 10.2. The Hall–Kier alpha value is -1.39. The minimum atomic E-state index is -0.688. The van der Waals surface area contributed by atoms with Gasteiger partial charge in [0.25, 0.3) is 0 Å². The van der Waals surface area contributed by atoms with E-state index in [1.54, 1.807) is 0 Å². The number of hydrogen-bond acceptors (Lipinski definition) is 3. The SMILES string of the molecule is CC(C)NC(=O)C(=O)N/N=C1/C[C@H](C)CC[C@H]1C(C)C. The summed E-state index contributed by atoms with van der Waals surface area (Å²) in [7, 11) is 0. The molecule has 0 aromatic rings. The fourth-order valence-electron chi connectivity index (χ4n) is 2.59. The highest BCUT2D eigenvalue weighted by Crippen LogP contribution is 2.31. The Morgan fingerprint density at radius 2 is 1.80 bits per heavy atom. The average Bonchev–Trinajstić information content (AvgIpc) is 2.34. The highest BCUT2D eigenvalue weighted by atomic mass is 16.2. The molecule has 1 saturated carbocycles. The number of hydrazone groups is 1. The summed E-state index contributed by atoms with van der Waals surface area (Å²) in [4.78, 5) is 23.2. The lowest BCUT2D eigenvalue weighted by molar-refractivity contribution is -0.139. The lowest BCUT2D eigenvalue weighted by Crippen LogP contribution is -2.42. The average molecular weight is 281 g/mol. The predicted molar refractivity (Wildman–Crippen MR) is 80.2 cm³/mol. The lowest BCUT2D eigenvalue weighted by atomic mass is 9.76. The Morgan fingerprint density at radius 3 is 2.35 bits per heavy atom. The van der Waals surface area contributed by atoms with Crippen LogP contribution < -0.4 is 10.7 Å². The zero-order valence-corrected chi connectivity index (χ0v) is 13.2. The van der Waals surface area contributed by atoms with Crippen molar-refractivity contribution in [2.75, 3.05) is 0 Å². The van der Waals surface area contributed by atoms with Crippen molar-refractivity contribution in [3.63, 3.8) is 0 Å². The molecule has 5 nitrogen and oxygen atoms in total. The van der Waals surface area contributed by atoms with Crippen molar-refractivity contribution in [1.82, 2.24) is 10.7 Å². The molecular formula is C15H27N3O2. The van der Waals surface area contributed by atoms with Crippen molar-refractivity contribution >= 4 is 17.5 Å². The number of carbonyl (C=O) groups excluding carboxylic acids is 2. The van der Waals surface area contributed by atoms with Crippen LogP contribution in [0.2, 0.25) is 0 Å². The summed E-state index contributed by atoms with van der Waals surface area (Å²) in [6.07, 6.45) is 3.20. The fourth-order valence-corrected chi connectivity index (χ4v) is 2.59. The second-order valence-corrected chi connectivity index (χ2v) is 6.41. The maximum absolute atomic E-state index is 11.6. The minimum Gasteiger partial charge on any atom is -0.346 e. The van der Waals surface area contributed by atoms with Gasteiger partial charge in [-0.3, -0.25) is 9.59 Å². The van der Waals surface area contributed by atoms with Crippen molar-refractivity contribution in [1.29, 1.82) is 0 Å². The zero-order valence-electron chi connectivity index (χ0n) is 13.2. The Balaban J connectivity index is 2.65. The highest BCUT2D eigenvalue weighted by molar-refractivity contribution is 6.35. The molecule has 5 heteroatoms. The highest BCUT2D eigenvalue weighted by Gasteiger charge is 2.27. The van der Waals surface area contributed by atoms with E-state index in [1.165, 1.54) is 6.42 Å². The van der Waals surface area contributed by atoms with Crippen LogP contribution in [0.3, 0.4) is 0 Å². The first-order valence-corrected chi connectivity index (χ1v) is 7.48. The Labute approximate surface area is 121 Å². The largest absolute Gasteiger partial charge is 0.346 e. The molecule has 0 aromatic heterocycles. The van der Waals surface area contributed by atoms with Crippen LogP contribution in [0.25, 0.3) is 0 Å². The van der Waals surface area contributed by atoms with Gasteiger partial charge >= 0.3 is 11.8 Å². The van der Waals surface area contributed by atoms with Crippen LogP contribution in [0.4, 0.5) is 0 Å². The van der Waals surface area contributed by atoms with Crippen molar-refractivity contribution in [2.24, 2.45) is 22.9 Å². The second kappa shape index (κ2) is 7.41. The summed E-state index contributed by atoms with van der Waals surface area (Å²) < 4.78 is 0. The summed E-state index contributed by atoms with van der Waals surface area (Å²) in [5, 5.41) is 6.77. The molecule has 0 spiro atoms. The van der Waals surface area contributed by atoms with Crippen LogP contribution in [0.15, 0.2) is 5.10 Å². The lowest BCUT2D eigenvalue weighted by Gasteiger charge is -2.30. The molecular weight excluding hydrogens is 254 g/mol. The van der Waals surface area contributed by atoms with E-state index in [4.69, 9.17) is 0 Å². The number of nitrogens with zero attached hydrogens (tertiary/aromatic N) is 1. The van der Waals surface area contributed by atoms with E-state index in [0.29, 0.717) is 17.8 Å². The van der Waals surface area contributed by atoms with Gasteiger partial charge in [0.15, 0.2) is 0 Å². The number of rotatable bonds is 3. The molecule has 1 aliphatic carbocycles. The maximum atomic E-state index is 11.6. The third-order valence-electron chi connectivity index (χ3n) is 3.69. The van der Waals surface area contributed by atoms with E-state index in [-0.39, 0.29) is 6.04 Å². The van der Waals surface area contributed by atoms with Crippen molar-refractivity contribution in [2.45, 2.75) is 59.9 Å². The van der Waals surface area contributed by atoms with E-state index in [2.05, 4.69) is 36.6 Å². The molecule has 1 rings (SSSR count). The maximum Gasteiger partial charge on any atom is 0.329 e. The quantitative estimate of drug-likeness (QED) is 0.614. The molecule has 2 amide bonds. The van der Waals surface area contributed by atoms with Crippen molar-refractivity contribution < 1.29 is 9.59 Å². The third kappa shape index (κ3) is 4.94. The molecule has 1 fully saturated rings. The smallest absolute Gasteiger partial charge is 0.329 e. The van der Waals surface area contributed by atoms with Crippen LogP contribution in [0.5, 0.6) is 0 Å². The minimum absolute atomic E-state index is 0.0565. The molecule has 0 radical (unpaired) electrons. The van der Waals surface area contributed by atoms with Gasteiger partial charge in [0.05, 0.1) is 0 Å². The normalized spacial score (nSPS) is 25.1. The molecule has 20 heavy (non-hydrogen) atoms. The van der Waals surface area contributed by atoms with Gasteiger partial charge in [-0.15, -0.1) is 0 Å². The number of carbonyl (C=O) groups is 2. The van der Waals surface area contributed by atoms with Gasteiger partial charge in [0, 0.05) is 17.7 Å². The Bertz CT molecular complexity index is 389. The van der Waals surface area contributed by atoms with Crippen LogP contribution >= 0.6 is 0 Å². The van der Waals surface area contributed by atoms with Gasteiger partial charge in [-0.1, -0.05) is 20.8 Å². The van der Waals surface area contributed by atoms with Gasteiger partial charge in [-0.2, -0.15) is 5.10 Å². The summed E-state index contributed by atoms with van der Waals surface area (Å²) >= 11 is 0. The van der Waals surface area contributed by atoms with Crippen LogP contribution in [-0.4, -0.2) is 23.6 Å². The topological polar surface area (TPSA) is 70.6 Å². The number of hydrogen-bond donors (Lipinski definition) is 2. The Morgan fingerprint density at radius 1 is 1.15 bits per heavy atom. The van der Waals surface area contributed by atoms with E-state index >= 15 is 0 Å². The van der Waals surface area contributed by atoms with Crippen LogP contribution in [-0.2, 0) is 9.59 Å². The van der Waals surface area contributed by atoms with Gasteiger partial charge < -0.3 is 5.32 Å². The van der Waals surface area contributed by atoms with Gasteiger partial charge in [0.1, 0.15) is 0 Å². The first-order chi connectivity index (χ1) is 9.31. The Kier molecular flexibility index (Phi) is 6.17. The van der Waals surface area contributed by atoms with E-state index in [9.17, 15) is 9.59 Å². The number of amides is 2. The first-order valence-electron chi connectivity index (χ1n) is 7.48. The molecule has 0 heterocycles. The van der Waals surface area contributed by atoms with E-state index in [0.717, 1.165) is 18.6 Å². The van der Waals surface area contributed by atoms with Crippen LogP contribution in [0, 0.1) is 17.8 Å². The van der Waals surface area contributed by atoms with Gasteiger partial charge in [0.2, 0.25) is 0 Å². The molecule has 0 unspecified atom stereocenters. The molecule has 0 aliphatic heterocycles. The molecule has 2 atom stereocenters. The molecule has 114 valence electrons. The monoisotopic (exact) mass is 281 g/mol. The standard InChI is InChI=1S/C15H27N3O2/c1-9(2)12-7-6-11(5)8-13(12)17-18-15(20)14(19)16-10(3)4/h9-12H,6-8H2,1-5H3,(H,16,19)(H,18,20)/b17-13-/t11-,12+/m1/s1. The summed E-state index contributed by atoms with van der Waals surface area (Å²) in [6, 6.07) is -0.0565. The van der Waals surface area contributed by atoms with E-state index in [1.807, 2.05) is 13.8 Å². The molecule has 0 bridgehead atoms. The van der Waals surface area contributed by atoms with Crippen molar-refractivity contribution in [3.8, 4) is 0 Å². The molecule has 1 aliphatic rings. The molecule has 0 aromatic carbocycles. The summed E-state index contributed by atoms with van der Waals surface area (Å²) in [5.41, 5.74) is 3.42. The summed E-state index contributed by atoms with van der Waals surface area (Å²) in [5.74, 6) is 0.175. The first kappa shape index (κ1) is 16.7. The van der Waals surface area contributed by atoms with E-state index < -0.39 is 11.8 Å². The number of nitrogens with one attached hydrogen (secondary N) is 2. The third-order valence-corrected chi connectivity index (χ3v) is 3.69. The second-order valence-electron chi connectivity index (χ2n) is 6.41. The van der Waals surface area contributed by atoms with Gasteiger partial charge in [-0.05, 0) is 44.9 Å². The van der Waals surface area contributed by atoms with Crippen molar-refractivity contribution in [3.05, 3.63) is 0 Å². The fraction of sp³-hybridized carbons (Fsp3) is 0.800. The molecule has 0 saturated heterocycles. The zero-order chi connectivity index (χ0) is 15.3. The van der Waals surface area contributed by atoms with Crippen LogP contribution in [0.1, 0.15) is 53.9 Å². The molecule has 2 N–H and O–H groups in total. The van der Waals surface area contributed by atoms with Gasteiger partial charge in [-0.25, -0.2) is 5.43 Å².